The van der Waals surface area contributed by atoms with Crippen LogP contribution in [0.15, 0.2) is 48.8 Å². The van der Waals surface area contributed by atoms with Crippen LogP contribution in [0.25, 0.3) is 5.65 Å². The van der Waals surface area contributed by atoms with E-state index in [1.54, 1.807) is 0 Å². The summed E-state index contributed by atoms with van der Waals surface area (Å²) in [6.45, 7) is 2.28. The molecular formula is C16H14N4O3. The van der Waals surface area contributed by atoms with Gasteiger partial charge in [-0.1, -0.05) is 0 Å². The number of fused-ring (bicyclic) bond motifs is 1. The molecule has 0 bridgehead atoms. The molecule has 7 heteroatoms. The van der Waals surface area contributed by atoms with Crippen LogP contribution in [0, 0.1) is 17.0 Å². The number of carbonyl (C=O) groups excluding carboxylic acids is 1. The average molecular weight is 310 g/mol. The van der Waals surface area contributed by atoms with Crippen molar-refractivity contribution in [2.24, 2.45) is 0 Å². The number of nitrogens with zero attached hydrogens (tertiary/aromatic N) is 3. The van der Waals surface area contributed by atoms with E-state index >= 15 is 0 Å². The van der Waals surface area contributed by atoms with Gasteiger partial charge in [0.05, 0.1) is 17.2 Å². The van der Waals surface area contributed by atoms with Gasteiger partial charge in [-0.2, -0.15) is 0 Å². The average Bonchev–Trinajstić information content (AvgIpc) is 2.94. The number of non-ortho nitro benzene ring substituents is 1. The number of rotatable bonds is 4. The molecule has 0 saturated heterocycles. The number of aryl methyl sites for hydroxylation is 1. The molecule has 0 spiro atoms. The fourth-order valence-corrected chi connectivity index (χ4v) is 2.23. The molecule has 3 rings (SSSR count). The van der Waals surface area contributed by atoms with Crippen molar-refractivity contribution in [2.75, 3.05) is 0 Å². The minimum absolute atomic E-state index is 0.0442. The third-order valence-corrected chi connectivity index (χ3v) is 3.44. The van der Waals surface area contributed by atoms with E-state index in [-0.39, 0.29) is 18.1 Å². The Morgan fingerprint density at radius 1 is 1.30 bits per heavy atom. The zero-order chi connectivity index (χ0) is 16.4. The summed E-state index contributed by atoms with van der Waals surface area (Å²) in [5, 5.41) is 13.4. The zero-order valence-electron chi connectivity index (χ0n) is 12.4. The maximum absolute atomic E-state index is 12.1. The maximum atomic E-state index is 12.1. The van der Waals surface area contributed by atoms with Crippen LogP contribution in [0.2, 0.25) is 0 Å². The van der Waals surface area contributed by atoms with Crippen LogP contribution in [-0.4, -0.2) is 20.2 Å². The molecule has 23 heavy (non-hydrogen) atoms. The van der Waals surface area contributed by atoms with E-state index < -0.39 is 4.92 Å². The molecule has 2 aromatic heterocycles. The topological polar surface area (TPSA) is 89.5 Å². The van der Waals surface area contributed by atoms with Crippen molar-refractivity contribution in [3.63, 3.8) is 0 Å². The number of hydrogen-bond acceptors (Lipinski definition) is 4. The Labute approximate surface area is 131 Å². The van der Waals surface area contributed by atoms with Crippen molar-refractivity contribution >= 4 is 17.2 Å². The molecular weight excluding hydrogens is 296 g/mol. The van der Waals surface area contributed by atoms with Gasteiger partial charge in [0.1, 0.15) is 5.65 Å². The quantitative estimate of drug-likeness (QED) is 0.592. The van der Waals surface area contributed by atoms with E-state index in [9.17, 15) is 14.9 Å². The van der Waals surface area contributed by atoms with Gasteiger partial charge >= 0.3 is 0 Å². The Bertz CT molecular complexity index is 884. The fraction of sp³-hybridized carbons (Fsp3) is 0.125. The summed E-state index contributed by atoms with van der Waals surface area (Å²) < 4.78 is 1.89. The molecule has 1 amide bonds. The number of nitro benzene ring substituents is 1. The number of benzene rings is 1. The van der Waals surface area contributed by atoms with Crippen molar-refractivity contribution in [1.82, 2.24) is 14.7 Å². The molecule has 0 unspecified atom stereocenters. The summed E-state index contributed by atoms with van der Waals surface area (Å²) in [6.07, 6.45) is 3.77. The Balaban J connectivity index is 1.68. The number of nitrogens with one attached hydrogen (secondary N) is 1. The largest absolute Gasteiger partial charge is 0.346 e. The summed E-state index contributed by atoms with van der Waals surface area (Å²) in [4.78, 5) is 26.6. The predicted octanol–water partition coefficient (Wildman–Crippen LogP) is 2.48. The second-order valence-electron chi connectivity index (χ2n) is 5.19. The van der Waals surface area contributed by atoms with Crippen molar-refractivity contribution in [3.05, 3.63) is 75.7 Å². The first-order valence-corrected chi connectivity index (χ1v) is 7.00. The third-order valence-electron chi connectivity index (χ3n) is 3.44. The van der Waals surface area contributed by atoms with Gasteiger partial charge in [0.25, 0.3) is 11.6 Å². The first-order valence-electron chi connectivity index (χ1n) is 7.00. The number of pyridine rings is 1. The molecule has 116 valence electrons. The molecule has 1 aromatic carbocycles. The van der Waals surface area contributed by atoms with Crippen molar-refractivity contribution in [1.29, 1.82) is 0 Å². The molecule has 0 fully saturated rings. The van der Waals surface area contributed by atoms with Crippen LogP contribution in [-0.2, 0) is 6.54 Å². The fourth-order valence-electron chi connectivity index (χ4n) is 2.23. The van der Waals surface area contributed by atoms with Gasteiger partial charge < -0.3 is 9.72 Å². The molecule has 0 saturated carbocycles. The van der Waals surface area contributed by atoms with Crippen molar-refractivity contribution < 1.29 is 9.72 Å². The summed E-state index contributed by atoms with van der Waals surface area (Å²) >= 11 is 0. The Morgan fingerprint density at radius 2 is 2.04 bits per heavy atom. The van der Waals surface area contributed by atoms with E-state index in [4.69, 9.17) is 0 Å². The number of nitro groups is 1. The van der Waals surface area contributed by atoms with Crippen LogP contribution in [0.4, 0.5) is 5.69 Å². The molecule has 2 heterocycles. The number of imidazole rings is 1. The van der Waals surface area contributed by atoms with Gasteiger partial charge in [0, 0.05) is 30.1 Å². The lowest BCUT2D eigenvalue weighted by Crippen LogP contribution is -2.22. The van der Waals surface area contributed by atoms with E-state index in [1.807, 2.05) is 35.9 Å². The lowest BCUT2D eigenvalue weighted by atomic mass is 10.2. The minimum Gasteiger partial charge on any atom is -0.346 e. The van der Waals surface area contributed by atoms with Crippen molar-refractivity contribution in [3.8, 4) is 0 Å². The zero-order valence-corrected chi connectivity index (χ0v) is 12.4. The van der Waals surface area contributed by atoms with E-state index in [0.717, 1.165) is 16.9 Å². The van der Waals surface area contributed by atoms with Crippen molar-refractivity contribution in [2.45, 2.75) is 13.5 Å². The Hall–Kier alpha value is -3.22. The summed E-state index contributed by atoms with van der Waals surface area (Å²) in [7, 11) is 0. The van der Waals surface area contributed by atoms with Crippen LogP contribution in [0.1, 0.15) is 21.6 Å². The summed E-state index contributed by atoms with van der Waals surface area (Å²) in [6, 6.07) is 9.42. The SMILES string of the molecule is Cc1ccn2cc(CNC(=O)c3ccc([N+](=O)[O-])cc3)nc2c1. The second-order valence-corrected chi connectivity index (χ2v) is 5.19. The number of carbonyl (C=O) groups is 1. The first-order chi connectivity index (χ1) is 11.0. The lowest BCUT2D eigenvalue weighted by molar-refractivity contribution is -0.384. The monoisotopic (exact) mass is 310 g/mol. The minimum atomic E-state index is -0.500. The normalized spacial score (nSPS) is 10.7. The second kappa shape index (κ2) is 5.88. The number of hydrogen-bond donors (Lipinski definition) is 1. The van der Waals surface area contributed by atoms with Crippen LogP contribution >= 0.6 is 0 Å². The molecule has 3 aromatic rings. The Kier molecular flexibility index (Phi) is 3.76. The number of aromatic nitrogens is 2. The Morgan fingerprint density at radius 3 is 2.74 bits per heavy atom. The van der Waals surface area contributed by atoms with Gasteiger partial charge in [-0.3, -0.25) is 14.9 Å². The van der Waals surface area contributed by atoms with Gasteiger partial charge in [0.15, 0.2) is 0 Å². The molecule has 7 nitrogen and oxygen atoms in total. The standard InChI is InChI=1S/C16H14N4O3/c1-11-6-7-19-10-13(18-15(19)8-11)9-17-16(21)12-2-4-14(5-3-12)20(22)23/h2-8,10H,9H2,1H3,(H,17,21). The number of amides is 1. The van der Waals surface area contributed by atoms with Crippen LogP contribution in [0.5, 0.6) is 0 Å². The van der Waals surface area contributed by atoms with E-state index in [2.05, 4.69) is 10.3 Å². The molecule has 0 aliphatic rings. The molecule has 0 aliphatic carbocycles. The van der Waals surface area contributed by atoms with Gasteiger partial charge in [-0.05, 0) is 36.8 Å². The first kappa shape index (κ1) is 14.7. The van der Waals surface area contributed by atoms with E-state index in [0.29, 0.717) is 5.56 Å². The molecule has 0 aliphatic heterocycles. The van der Waals surface area contributed by atoms with E-state index in [1.165, 1.54) is 24.3 Å². The van der Waals surface area contributed by atoms with Crippen LogP contribution in [0.3, 0.4) is 0 Å². The highest BCUT2D eigenvalue weighted by molar-refractivity contribution is 5.94. The van der Waals surface area contributed by atoms with Gasteiger partial charge in [-0.25, -0.2) is 4.98 Å². The summed E-state index contributed by atoms with van der Waals surface area (Å²) in [5.74, 6) is -0.298. The highest BCUT2D eigenvalue weighted by Gasteiger charge is 2.10. The maximum Gasteiger partial charge on any atom is 0.269 e. The van der Waals surface area contributed by atoms with Gasteiger partial charge in [0.2, 0.25) is 0 Å². The van der Waals surface area contributed by atoms with Gasteiger partial charge in [-0.15, -0.1) is 0 Å². The highest BCUT2D eigenvalue weighted by atomic mass is 16.6. The van der Waals surface area contributed by atoms with Crippen LogP contribution < -0.4 is 5.32 Å². The highest BCUT2D eigenvalue weighted by Crippen LogP contribution is 2.12. The predicted molar refractivity (Wildman–Crippen MR) is 84.2 cm³/mol. The smallest absolute Gasteiger partial charge is 0.269 e. The summed E-state index contributed by atoms with van der Waals surface area (Å²) in [5.41, 5.74) is 3.01. The molecule has 0 radical (unpaired) electrons. The molecule has 1 N–H and O–H groups in total. The lowest BCUT2D eigenvalue weighted by Gasteiger charge is -2.02. The third kappa shape index (κ3) is 3.18. The molecule has 0 atom stereocenters.